The number of fused-ring (bicyclic) bond motifs is 1. The van der Waals surface area contributed by atoms with Crippen molar-refractivity contribution in [3.05, 3.63) is 40.9 Å². The van der Waals surface area contributed by atoms with E-state index in [2.05, 4.69) is 44.2 Å². The molecule has 1 atom stereocenters. The second-order valence-electron chi connectivity index (χ2n) is 7.04. The van der Waals surface area contributed by atoms with E-state index in [1.54, 1.807) is 5.51 Å². The van der Waals surface area contributed by atoms with E-state index in [0.29, 0.717) is 26.2 Å². The van der Waals surface area contributed by atoms with Gasteiger partial charge in [-0.05, 0) is 19.4 Å². The number of nitrogens with zero attached hydrogens (tertiary/aromatic N) is 5. The predicted molar refractivity (Wildman–Crippen MR) is 111 cm³/mol. The molecule has 2 amide bonds. The number of anilines is 2. The van der Waals surface area contributed by atoms with Crippen molar-refractivity contribution in [3.63, 3.8) is 0 Å². The smallest absolute Gasteiger partial charge is 0.317 e. The number of hydrogen-bond donors (Lipinski definition) is 2. The van der Waals surface area contributed by atoms with E-state index in [0.717, 1.165) is 21.7 Å². The zero-order chi connectivity index (χ0) is 19.7. The molecule has 9 heteroatoms. The zero-order valence-corrected chi connectivity index (χ0v) is 16.7. The van der Waals surface area contributed by atoms with Crippen LogP contribution in [0.15, 0.2) is 29.8 Å². The van der Waals surface area contributed by atoms with Gasteiger partial charge in [-0.15, -0.1) is 11.3 Å². The fourth-order valence-electron chi connectivity index (χ4n) is 3.42. The molecule has 0 spiro atoms. The third-order valence-corrected chi connectivity index (χ3v) is 5.67. The van der Waals surface area contributed by atoms with Crippen LogP contribution in [-0.4, -0.2) is 51.6 Å². The molecule has 2 aromatic heterocycles. The molecule has 3 N–H and O–H groups in total. The van der Waals surface area contributed by atoms with Crippen LogP contribution in [0.3, 0.4) is 0 Å². The van der Waals surface area contributed by atoms with Gasteiger partial charge in [0.1, 0.15) is 5.52 Å². The van der Waals surface area contributed by atoms with Crippen LogP contribution in [0.5, 0.6) is 0 Å². The zero-order valence-electron chi connectivity index (χ0n) is 15.9. The number of amides is 2. The molecule has 0 unspecified atom stereocenters. The van der Waals surface area contributed by atoms with Crippen LogP contribution in [-0.2, 0) is 6.54 Å². The Hall–Kier alpha value is -2.94. The van der Waals surface area contributed by atoms with Crippen LogP contribution in [0.4, 0.5) is 16.6 Å². The number of piperazine rings is 1. The first-order valence-electron chi connectivity index (χ1n) is 9.23. The minimum Gasteiger partial charge on any atom is -0.368 e. The molecule has 1 aliphatic rings. The fraction of sp³-hybridized carbons (Fsp3) is 0.368. The van der Waals surface area contributed by atoms with E-state index >= 15 is 0 Å². The summed E-state index contributed by atoms with van der Waals surface area (Å²) >= 11 is 1.45. The lowest BCUT2D eigenvalue weighted by Crippen LogP contribution is -2.56. The number of benzene rings is 1. The summed E-state index contributed by atoms with van der Waals surface area (Å²) in [6.45, 7) is 6.54. The summed E-state index contributed by atoms with van der Waals surface area (Å²) in [6.07, 6.45) is 0. The molecular weight excluding hydrogens is 374 g/mol. The van der Waals surface area contributed by atoms with Gasteiger partial charge in [0, 0.05) is 32.2 Å². The fourth-order valence-corrected chi connectivity index (χ4v) is 4.08. The average molecular weight is 398 g/mol. The van der Waals surface area contributed by atoms with E-state index in [4.69, 9.17) is 5.73 Å². The number of carbonyl (C=O) groups is 1. The molecule has 3 heterocycles. The van der Waals surface area contributed by atoms with Gasteiger partial charge in [-0.2, -0.15) is 4.98 Å². The van der Waals surface area contributed by atoms with Gasteiger partial charge in [-0.25, -0.2) is 14.8 Å². The first-order valence-corrected chi connectivity index (χ1v) is 10.1. The molecule has 3 aromatic rings. The van der Waals surface area contributed by atoms with Crippen molar-refractivity contribution in [1.82, 2.24) is 25.2 Å². The first-order chi connectivity index (χ1) is 13.5. The molecule has 0 radical (unpaired) electrons. The van der Waals surface area contributed by atoms with Crippen LogP contribution in [0.2, 0.25) is 0 Å². The Balaban J connectivity index is 1.41. The maximum Gasteiger partial charge on any atom is 0.317 e. The van der Waals surface area contributed by atoms with Crippen LogP contribution in [0.1, 0.15) is 18.1 Å². The SMILES string of the molecule is Cc1ccc(CNC(=O)N2CCN(c3nc(N)nc4scnc34)[C@@H](C)C2)cc1. The highest BCUT2D eigenvalue weighted by molar-refractivity contribution is 7.16. The van der Waals surface area contributed by atoms with Gasteiger partial charge in [-0.3, -0.25) is 0 Å². The number of nitrogens with two attached hydrogens (primary N) is 1. The minimum absolute atomic E-state index is 0.0481. The lowest BCUT2D eigenvalue weighted by molar-refractivity contribution is 0.186. The molecule has 1 aliphatic heterocycles. The Morgan fingerprint density at radius 2 is 2.07 bits per heavy atom. The molecule has 8 nitrogen and oxygen atoms in total. The standard InChI is InChI=1S/C19H23N7OS/c1-12-3-5-14(6-4-12)9-21-19(27)25-7-8-26(13(2)10-25)16-15-17(28-11-22-15)24-18(20)23-16/h3-6,11,13H,7-10H2,1-2H3,(H,21,27)(H2,20,23,24)/t13-/m0/s1. The first kappa shape index (κ1) is 18.4. The molecule has 0 aliphatic carbocycles. The van der Waals surface area contributed by atoms with Crippen molar-refractivity contribution in [2.45, 2.75) is 26.4 Å². The summed E-state index contributed by atoms with van der Waals surface area (Å²) < 4.78 is 0. The van der Waals surface area contributed by atoms with Crippen molar-refractivity contribution < 1.29 is 4.79 Å². The Bertz CT molecular complexity index is 988. The quantitative estimate of drug-likeness (QED) is 0.704. The van der Waals surface area contributed by atoms with Gasteiger partial charge in [0.25, 0.3) is 0 Å². The monoisotopic (exact) mass is 397 g/mol. The van der Waals surface area contributed by atoms with Crippen molar-refractivity contribution in [1.29, 1.82) is 0 Å². The molecule has 146 valence electrons. The van der Waals surface area contributed by atoms with Gasteiger partial charge >= 0.3 is 6.03 Å². The minimum atomic E-state index is -0.0481. The number of aryl methyl sites for hydroxylation is 1. The Morgan fingerprint density at radius 1 is 1.29 bits per heavy atom. The van der Waals surface area contributed by atoms with Crippen molar-refractivity contribution in [2.24, 2.45) is 0 Å². The lowest BCUT2D eigenvalue weighted by Gasteiger charge is -2.40. The van der Waals surface area contributed by atoms with Gasteiger partial charge in [0.2, 0.25) is 5.95 Å². The molecule has 0 saturated carbocycles. The van der Waals surface area contributed by atoms with Gasteiger partial charge in [-0.1, -0.05) is 29.8 Å². The summed E-state index contributed by atoms with van der Waals surface area (Å²) in [5, 5.41) is 3.01. The van der Waals surface area contributed by atoms with Gasteiger partial charge in [0.15, 0.2) is 10.6 Å². The summed E-state index contributed by atoms with van der Waals surface area (Å²) in [7, 11) is 0. The molecular formula is C19H23N7OS. The number of nitrogen functional groups attached to an aromatic ring is 1. The number of thiazole rings is 1. The largest absolute Gasteiger partial charge is 0.368 e. The number of rotatable bonds is 3. The predicted octanol–water partition coefficient (Wildman–Crippen LogP) is 2.40. The van der Waals surface area contributed by atoms with E-state index in [1.165, 1.54) is 16.9 Å². The summed E-state index contributed by atoms with van der Waals surface area (Å²) in [4.78, 5) is 30.4. The second-order valence-corrected chi connectivity index (χ2v) is 7.88. The number of carbonyl (C=O) groups excluding carboxylic acids is 1. The Labute approximate surface area is 167 Å². The highest BCUT2D eigenvalue weighted by Gasteiger charge is 2.29. The molecule has 1 aromatic carbocycles. The summed E-state index contributed by atoms with van der Waals surface area (Å²) in [6, 6.07) is 8.22. The van der Waals surface area contributed by atoms with E-state index in [1.807, 2.05) is 24.0 Å². The van der Waals surface area contributed by atoms with Crippen molar-refractivity contribution >= 4 is 39.5 Å². The Kier molecular flexibility index (Phi) is 4.99. The van der Waals surface area contributed by atoms with E-state index < -0.39 is 0 Å². The summed E-state index contributed by atoms with van der Waals surface area (Å²) in [5.74, 6) is 0.994. The van der Waals surface area contributed by atoms with Crippen LogP contribution in [0.25, 0.3) is 10.3 Å². The number of hydrogen-bond acceptors (Lipinski definition) is 7. The molecule has 1 saturated heterocycles. The number of urea groups is 1. The van der Waals surface area contributed by atoms with Gasteiger partial charge < -0.3 is 20.9 Å². The van der Waals surface area contributed by atoms with Crippen LogP contribution < -0.4 is 16.0 Å². The van der Waals surface area contributed by atoms with E-state index in [9.17, 15) is 4.79 Å². The van der Waals surface area contributed by atoms with E-state index in [-0.39, 0.29) is 18.0 Å². The van der Waals surface area contributed by atoms with Crippen molar-refractivity contribution in [2.75, 3.05) is 30.3 Å². The second kappa shape index (κ2) is 7.59. The lowest BCUT2D eigenvalue weighted by atomic mass is 10.1. The molecule has 0 bridgehead atoms. The van der Waals surface area contributed by atoms with Crippen LogP contribution in [0, 0.1) is 6.92 Å². The summed E-state index contributed by atoms with van der Waals surface area (Å²) in [5.41, 5.74) is 10.7. The third kappa shape index (κ3) is 3.70. The molecule has 4 rings (SSSR count). The number of aromatic nitrogens is 3. The third-order valence-electron chi connectivity index (χ3n) is 4.95. The van der Waals surface area contributed by atoms with Crippen LogP contribution >= 0.6 is 11.3 Å². The maximum absolute atomic E-state index is 12.6. The normalized spacial score (nSPS) is 17.1. The topological polar surface area (TPSA) is 100 Å². The molecule has 28 heavy (non-hydrogen) atoms. The van der Waals surface area contributed by atoms with Gasteiger partial charge in [0.05, 0.1) is 5.51 Å². The molecule has 1 fully saturated rings. The highest BCUT2D eigenvalue weighted by Crippen LogP contribution is 2.28. The Morgan fingerprint density at radius 3 is 2.82 bits per heavy atom. The maximum atomic E-state index is 12.6. The number of nitrogens with one attached hydrogen (secondary N) is 1. The highest BCUT2D eigenvalue weighted by atomic mass is 32.1. The van der Waals surface area contributed by atoms with Crippen molar-refractivity contribution in [3.8, 4) is 0 Å². The average Bonchev–Trinajstić information content (AvgIpc) is 3.15.